The van der Waals surface area contributed by atoms with Crippen molar-refractivity contribution in [3.63, 3.8) is 0 Å². The van der Waals surface area contributed by atoms with E-state index in [1.807, 2.05) is 53.4 Å². The van der Waals surface area contributed by atoms with Crippen molar-refractivity contribution in [2.75, 3.05) is 6.61 Å². The van der Waals surface area contributed by atoms with Crippen LogP contribution in [0.3, 0.4) is 0 Å². The normalized spacial score (nSPS) is 10.7. The molecule has 0 saturated heterocycles. The van der Waals surface area contributed by atoms with Gasteiger partial charge in [-0.1, -0.05) is 12.1 Å². The Morgan fingerprint density at radius 1 is 1.22 bits per heavy atom. The fraction of sp³-hybridized carbons (Fsp3) is 0.133. The van der Waals surface area contributed by atoms with Crippen molar-refractivity contribution in [2.24, 2.45) is 0 Å². The molecule has 2 rings (SSSR count). The summed E-state index contributed by atoms with van der Waals surface area (Å²) in [6.45, 7) is 2.19. The van der Waals surface area contributed by atoms with Crippen molar-refractivity contribution in [1.82, 2.24) is 4.57 Å². The van der Waals surface area contributed by atoms with Crippen LogP contribution in [0.15, 0.2) is 54.9 Å². The Morgan fingerprint density at radius 2 is 1.89 bits per heavy atom. The largest absolute Gasteiger partial charge is 0.463 e. The van der Waals surface area contributed by atoms with Gasteiger partial charge >= 0.3 is 5.97 Å². The van der Waals surface area contributed by atoms with E-state index in [2.05, 4.69) is 0 Å². The molecule has 0 saturated carbocycles. The van der Waals surface area contributed by atoms with Gasteiger partial charge in [-0.05, 0) is 42.8 Å². The molecular formula is C15H15NO2. The maximum absolute atomic E-state index is 11.2. The van der Waals surface area contributed by atoms with Crippen LogP contribution in [0.2, 0.25) is 0 Å². The number of carbonyl (C=O) groups excluding carboxylic acids is 1. The molecule has 0 N–H and O–H groups in total. The molecule has 0 radical (unpaired) electrons. The van der Waals surface area contributed by atoms with E-state index < -0.39 is 0 Å². The van der Waals surface area contributed by atoms with Gasteiger partial charge in [0.15, 0.2) is 0 Å². The first kappa shape index (κ1) is 12.2. The van der Waals surface area contributed by atoms with Crippen molar-refractivity contribution in [3.8, 4) is 5.69 Å². The van der Waals surface area contributed by atoms with Crippen LogP contribution in [-0.2, 0) is 9.53 Å². The lowest BCUT2D eigenvalue weighted by Gasteiger charge is -2.02. The molecule has 0 amide bonds. The van der Waals surface area contributed by atoms with Crippen molar-refractivity contribution in [2.45, 2.75) is 6.92 Å². The lowest BCUT2D eigenvalue weighted by Crippen LogP contribution is -1.98. The Kier molecular flexibility index (Phi) is 3.97. The van der Waals surface area contributed by atoms with Crippen LogP contribution in [0.25, 0.3) is 11.8 Å². The number of hydrogen-bond donors (Lipinski definition) is 0. The molecule has 1 aromatic heterocycles. The molecular weight excluding hydrogens is 226 g/mol. The maximum Gasteiger partial charge on any atom is 0.330 e. The molecule has 0 spiro atoms. The van der Waals surface area contributed by atoms with Crippen LogP contribution < -0.4 is 0 Å². The van der Waals surface area contributed by atoms with E-state index in [-0.39, 0.29) is 5.97 Å². The van der Waals surface area contributed by atoms with Gasteiger partial charge in [0.2, 0.25) is 0 Å². The summed E-state index contributed by atoms with van der Waals surface area (Å²) in [5.74, 6) is -0.313. The van der Waals surface area contributed by atoms with Crippen LogP contribution in [0, 0.1) is 0 Å². The smallest absolute Gasteiger partial charge is 0.330 e. The second kappa shape index (κ2) is 5.87. The first-order chi connectivity index (χ1) is 8.79. The summed E-state index contributed by atoms with van der Waals surface area (Å²) in [6, 6.07) is 11.9. The first-order valence-electron chi connectivity index (χ1n) is 5.88. The summed E-state index contributed by atoms with van der Waals surface area (Å²) < 4.78 is 6.84. The summed E-state index contributed by atoms with van der Waals surface area (Å²) >= 11 is 0. The molecule has 0 bridgehead atoms. The molecule has 0 unspecified atom stereocenters. The van der Waals surface area contributed by atoms with E-state index in [0.29, 0.717) is 6.61 Å². The molecule has 1 aromatic carbocycles. The lowest BCUT2D eigenvalue weighted by molar-refractivity contribution is -0.137. The predicted molar refractivity (Wildman–Crippen MR) is 71.4 cm³/mol. The molecule has 92 valence electrons. The minimum atomic E-state index is -0.313. The van der Waals surface area contributed by atoms with Gasteiger partial charge in [0.25, 0.3) is 0 Å². The molecule has 3 nitrogen and oxygen atoms in total. The molecule has 2 aromatic rings. The molecule has 0 aliphatic carbocycles. The van der Waals surface area contributed by atoms with Gasteiger partial charge in [-0.2, -0.15) is 0 Å². The summed E-state index contributed by atoms with van der Waals surface area (Å²) in [5.41, 5.74) is 2.06. The lowest BCUT2D eigenvalue weighted by atomic mass is 10.2. The standard InChI is InChI=1S/C15H15NO2/c1-2-18-15(17)10-7-13-5-8-14(9-6-13)16-11-3-4-12-16/h3-12H,2H2,1H3/b10-7+. The fourth-order valence-corrected chi connectivity index (χ4v) is 1.62. The van der Waals surface area contributed by atoms with E-state index in [1.165, 1.54) is 6.08 Å². The van der Waals surface area contributed by atoms with Gasteiger partial charge in [0, 0.05) is 24.2 Å². The highest BCUT2D eigenvalue weighted by molar-refractivity contribution is 5.87. The zero-order chi connectivity index (χ0) is 12.8. The van der Waals surface area contributed by atoms with Crippen LogP contribution in [0.4, 0.5) is 0 Å². The summed E-state index contributed by atoms with van der Waals surface area (Å²) in [5, 5.41) is 0. The number of benzene rings is 1. The molecule has 1 heterocycles. The van der Waals surface area contributed by atoms with E-state index in [9.17, 15) is 4.79 Å². The minimum Gasteiger partial charge on any atom is -0.463 e. The van der Waals surface area contributed by atoms with Crippen LogP contribution >= 0.6 is 0 Å². The first-order valence-corrected chi connectivity index (χ1v) is 5.88. The zero-order valence-corrected chi connectivity index (χ0v) is 10.2. The van der Waals surface area contributed by atoms with Crippen LogP contribution in [0.1, 0.15) is 12.5 Å². The Labute approximate surface area is 106 Å². The number of ether oxygens (including phenoxy) is 1. The number of hydrogen-bond acceptors (Lipinski definition) is 2. The fourth-order valence-electron chi connectivity index (χ4n) is 1.62. The summed E-state index contributed by atoms with van der Waals surface area (Å²) in [4.78, 5) is 11.2. The zero-order valence-electron chi connectivity index (χ0n) is 10.2. The van der Waals surface area contributed by atoms with Gasteiger partial charge in [0.1, 0.15) is 0 Å². The molecule has 0 fully saturated rings. The quantitative estimate of drug-likeness (QED) is 0.608. The predicted octanol–water partition coefficient (Wildman–Crippen LogP) is 3.05. The van der Waals surface area contributed by atoms with E-state index in [0.717, 1.165) is 11.3 Å². The summed E-state index contributed by atoms with van der Waals surface area (Å²) in [7, 11) is 0. The molecule has 18 heavy (non-hydrogen) atoms. The number of esters is 1. The van der Waals surface area contributed by atoms with Crippen LogP contribution in [0.5, 0.6) is 0 Å². The average molecular weight is 241 g/mol. The minimum absolute atomic E-state index is 0.313. The van der Waals surface area contributed by atoms with Gasteiger partial charge in [0.05, 0.1) is 6.61 Å². The molecule has 0 aliphatic rings. The number of rotatable bonds is 4. The number of aromatic nitrogens is 1. The molecule has 3 heteroatoms. The van der Waals surface area contributed by atoms with Gasteiger partial charge in [-0.25, -0.2) is 4.79 Å². The van der Waals surface area contributed by atoms with Crippen molar-refractivity contribution in [1.29, 1.82) is 0 Å². The molecule has 0 atom stereocenters. The second-order valence-corrected chi connectivity index (χ2v) is 3.77. The highest BCUT2D eigenvalue weighted by Crippen LogP contribution is 2.11. The third kappa shape index (κ3) is 3.10. The van der Waals surface area contributed by atoms with E-state index >= 15 is 0 Å². The van der Waals surface area contributed by atoms with Gasteiger partial charge in [-0.15, -0.1) is 0 Å². The van der Waals surface area contributed by atoms with E-state index in [1.54, 1.807) is 13.0 Å². The second-order valence-electron chi connectivity index (χ2n) is 3.77. The van der Waals surface area contributed by atoms with Gasteiger partial charge < -0.3 is 9.30 Å². The molecule has 0 aliphatic heterocycles. The maximum atomic E-state index is 11.2. The SMILES string of the molecule is CCOC(=O)/C=C/c1ccc(-n2cccc2)cc1. The van der Waals surface area contributed by atoms with Crippen LogP contribution in [-0.4, -0.2) is 17.1 Å². The Bertz CT molecular complexity index is 524. The van der Waals surface area contributed by atoms with Crippen molar-refractivity contribution < 1.29 is 9.53 Å². The monoisotopic (exact) mass is 241 g/mol. The number of carbonyl (C=O) groups is 1. The van der Waals surface area contributed by atoms with Crippen molar-refractivity contribution in [3.05, 3.63) is 60.4 Å². The topological polar surface area (TPSA) is 31.2 Å². The third-order valence-electron chi connectivity index (χ3n) is 2.49. The number of nitrogens with zero attached hydrogens (tertiary/aromatic N) is 1. The average Bonchev–Trinajstić information content (AvgIpc) is 2.91. The summed E-state index contributed by atoms with van der Waals surface area (Å²) in [6.07, 6.45) is 7.17. The Morgan fingerprint density at radius 3 is 2.50 bits per heavy atom. The highest BCUT2D eigenvalue weighted by atomic mass is 16.5. The van der Waals surface area contributed by atoms with Crippen molar-refractivity contribution >= 4 is 12.0 Å². The van der Waals surface area contributed by atoms with Gasteiger partial charge in [-0.3, -0.25) is 0 Å². The highest BCUT2D eigenvalue weighted by Gasteiger charge is 1.96. The Balaban J connectivity index is 2.06. The van der Waals surface area contributed by atoms with E-state index in [4.69, 9.17) is 4.74 Å². The Hall–Kier alpha value is -2.29. The third-order valence-corrected chi connectivity index (χ3v) is 2.49.